The van der Waals surface area contributed by atoms with Gasteiger partial charge in [-0.25, -0.2) is 4.39 Å². The van der Waals surface area contributed by atoms with Gasteiger partial charge in [0, 0.05) is 5.56 Å². The highest BCUT2D eigenvalue weighted by molar-refractivity contribution is 5.72. The second-order valence-corrected chi connectivity index (χ2v) is 5.55. The molecule has 1 aliphatic carbocycles. The van der Waals surface area contributed by atoms with Crippen LogP contribution in [0, 0.1) is 5.82 Å². The predicted molar refractivity (Wildman–Crippen MR) is 83.2 cm³/mol. The molecule has 22 heavy (non-hydrogen) atoms. The van der Waals surface area contributed by atoms with E-state index in [4.69, 9.17) is 5.73 Å². The second-order valence-electron chi connectivity index (χ2n) is 5.55. The summed E-state index contributed by atoms with van der Waals surface area (Å²) in [7, 11) is 0. The van der Waals surface area contributed by atoms with Gasteiger partial charge in [0.05, 0.1) is 5.69 Å². The van der Waals surface area contributed by atoms with Crippen LogP contribution >= 0.6 is 0 Å². The zero-order valence-corrected chi connectivity index (χ0v) is 12.0. The number of nitrogens with zero attached hydrogens (tertiary/aromatic N) is 3. The summed E-state index contributed by atoms with van der Waals surface area (Å²) in [5.74, 6) is 0.172. The first kappa shape index (κ1) is 13.0. The van der Waals surface area contributed by atoms with Crippen molar-refractivity contribution in [3.8, 4) is 16.9 Å². The number of fused-ring (bicyclic) bond motifs is 1. The van der Waals surface area contributed by atoms with Gasteiger partial charge in [-0.1, -0.05) is 17.3 Å². The van der Waals surface area contributed by atoms with Crippen LogP contribution in [0.25, 0.3) is 16.9 Å². The van der Waals surface area contributed by atoms with Crippen molar-refractivity contribution in [2.45, 2.75) is 19.3 Å². The topological polar surface area (TPSA) is 56.7 Å². The summed E-state index contributed by atoms with van der Waals surface area (Å²) in [6, 6.07) is 12.4. The molecule has 1 aromatic heterocycles. The molecule has 0 atom stereocenters. The molecule has 2 aromatic carbocycles. The molecule has 5 heteroatoms. The van der Waals surface area contributed by atoms with Gasteiger partial charge in [-0.2, -0.15) is 4.68 Å². The first-order valence-electron chi connectivity index (χ1n) is 7.31. The number of nitrogens with two attached hydrogens (primary N) is 1. The Hall–Kier alpha value is -2.69. The minimum atomic E-state index is -0.290. The third-order valence-electron chi connectivity index (χ3n) is 4.15. The van der Waals surface area contributed by atoms with Crippen LogP contribution in [0.5, 0.6) is 0 Å². The molecular weight excluding hydrogens is 279 g/mol. The summed E-state index contributed by atoms with van der Waals surface area (Å²) in [4.78, 5) is 0. The van der Waals surface area contributed by atoms with E-state index in [0.717, 1.165) is 18.4 Å². The first-order valence-corrected chi connectivity index (χ1v) is 7.31. The average molecular weight is 294 g/mol. The van der Waals surface area contributed by atoms with Crippen molar-refractivity contribution in [3.63, 3.8) is 0 Å². The Balaban J connectivity index is 1.76. The van der Waals surface area contributed by atoms with Crippen molar-refractivity contribution in [1.82, 2.24) is 15.0 Å². The lowest BCUT2D eigenvalue weighted by atomic mass is 10.0. The van der Waals surface area contributed by atoms with Crippen molar-refractivity contribution in [2.24, 2.45) is 0 Å². The number of anilines is 1. The maximum absolute atomic E-state index is 13.0. The number of halogens is 1. The van der Waals surface area contributed by atoms with Crippen LogP contribution in [-0.2, 0) is 12.8 Å². The van der Waals surface area contributed by atoms with Crippen LogP contribution in [0.3, 0.4) is 0 Å². The van der Waals surface area contributed by atoms with E-state index in [1.807, 2.05) is 6.07 Å². The Bertz CT molecular complexity index is 836. The molecule has 4 nitrogen and oxygen atoms in total. The van der Waals surface area contributed by atoms with E-state index in [0.29, 0.717) is 17.2 Å². The van der Waals surface area contributed by atoms with Crippen LogP contribution in [0.15, 0.2) is 42.5 Å². The molecule has 0 bridgehead atoms. The predicted octanol–water partition coefficient (Wildman–Crippen LogP) is 3.14. The number of benzene rings is 2. The van der Waals surface area contributed by atoms with Gasteiger partial charge in [-0.3, -0.25) is 0 Å². The lowest BCUT2D eigenvalue weighted by molar-refractivity contribution is 0.627. The van der Waals surface area contributed by atoms with E-state index in [1.54, 1.807) is 12.1 Å². The van der Waals surface area contributed by atoms with Crippen LogP contribution in [0.2, 0.25) is 0 Å². The molecular formula is C17H15FN4. The van der Waals surface area contributed by atoms with Gasteiger partial charge < -0.3 is 5.73 Å². The quantitative estimate of drug-likeness (QED) is 0.790. The van der Waals surface area contributed by atoms with Gasteiger partial charge in [-0.05, 0) is 60.7 Å². The van der Waals surface area contributed by atoms with Gasteiger partial charge >= 0.3 is 0 Å². The molecule has 2 N–H and O–H groups in total. The lowest BCUT2D eigenvalue weighted by Crippen LogP contribution is -2.02. The SMILES string of the molecule is Nc1c(-c2ccc3c(c2)CCC3)nnn1-c1ccc(F)cc1. The van der Waals surface area contributed by atoms with Crippen molar-refractivity contribution < 1.29 is 4.39 Å². The Morgan fingerprint density at radius 2 is 1.77 bits per heavy atom. The van der Waals surface area contributed by atoms with Gasteiger partial charge in [0.2, 0.25) is 0 Å². The molecule has 3 aromatic rings. The summed E-state index contributed by atoms with van der Waals surface area (Å²) in [5.41, 5.74) is 11.3. The number of hydrogen-bond acceptors (Lipinski definition) is 3. The first-order chi connectivity index (χ1) is 10.7. The average Bonchev–Trinajstić information content (AvgIpc) is 3.14. The highest BCUT2D eigenvalue weighted by atomic mass is 19.1. The number of aryl methyl sites for hydroxylation is 2. The van der Waals surface area contributed by atoms with Gasteiger partial charge in [0.15, 0.2) is 5.82 Å². The molecule has 0 radical (unpaired) electrons. The van der Waals surface area contributed by atoms with E-state index in [1.165, 1.54) is 34.4 Å². The number of rotatable bonds is 2. The zero-order chi connectivity index (χ0) is 15.1. The van der Waals surface area contributed by atoms with Crippen molar-refractivity contribution in [2.75, 3.05) is 5.73 Å². The molecule has 0 saturated carbocycles. The summed E-state index contributed by atoms with van der Waals surface area (Å²) < 4.78 is 14.6. The monoisotopic (exact) mass is 294 g/mol. The summed E-state index contributed by atoms with van der Waals surface area (Å²) in [5, 5.41) is 8.31. The molecule has 1 aliphatic rings. The molecule has 0 spiro atoms. The van der Waals surface area contributed by atoms with E-state index in [-0.39, 0.29) is 5.82 Å². The van der Waals surface area contributed by atoms with Gasteiger partial charge in [0.1, 0.15) is 11.5 Å². The summed E-state index contributed by atoms with van der Waals surface area (Å²) in [6.45, 7) is 0. The Labute approximate surface area is 127 Å². The molecule has 0 amide bonds. The Kier molecular flexibility index (Phi) is 2.92. The lowest BCUT2D eigenvalue weighted by Gasteiger charge is -2.05. The van der Waals surface area contributed by atoms with Crippen molar-refractivity contribution in [1.29, 1.82) is 0 Å². The number of nitrogen functional groups attached to an aromatic ring is 1. The fraction of sp³-hybridized carbons (Fsp3) is 0.176. The third kappa shape index (κ3) is 2.06. The van der Waals surface area contributed by atoms with Crippen LogP contribution in [-0.4, -0.2) is 15.0 Å². The smallest absolute Gasteiger partial charge is 0.155 e. The third-order valence-corrected chi connectivity index (χ3v) is 4.15. The molecule has 0 aliphatic heterocycles. The van der Waals surface area contributed by atoms with Gasteiger partial charge in [-0.15, -0.1) is 5.10 Å². The number of hydrogen-bond donors (Lipinski definition) is 1. The molecule has 0 fully saturated rings. The van der Waals surface area contributed by atoms with Crippen molar-refractivity contribution >= 4 is 5.82 Å². The van der Waals surface area contributed by atoms with Gasteiger partial charge in [0.25, 0.3) is 0 Å². The second kappa shape index (κ2) is 4.94. The van der Waals surface area contributed by atoms with Crippen LogP contribution in [0.1, 0.15) is 17.5 Å². The highest BCUT2D eigenvalue weighted by Gasteiger charge is 2.16. The standard InChI is InChI=1S/C17H15FN4/c18-14-6-8-15(9-7-14)22-17(19)16(20-21-22)13-5-4-11-2-1-3-12(11)10-13/h4-10H,1-3,19H2. The Morgan fingerprint density at radius 1 is 1.00 bits per heavy atom. The fourth-order valence-corrected chi connectivity index (χ4v) is 2.99. The Morgan fingerprint density at radius 3 is 2.59 bits per heavy atom. The van der Waals surface area contributed by atoms with E-state index < -0.39 is 0 Å². The zero-order valence-electron chi connectivity index (χ0n) is 12.0. The minimum absolute atomic E-state index is 0.290. The summed E-state index contributed by atoms with van der Waals surface area (Å²) >= 11 is 0. The maximum atomic E-state index is 13.0. The van der Waals surface area contributed by atoms with E-state index in [9.17, 15) is 4.39 Å². The molecule has 110 valence electrons. The van der Waals surface area contributed by atoms with Crippen LogP contribution < -0.4 is 5.73 Å². The molecule has 4 rings (SSSR count). The molecule has 1 heterocycles. The maximum Gasteiger partial charge on any atom is 0.155 e. The minimum Gasteiger partial charge on any atom is -0.382 e. The normalized spacial score (nSPS) is 13.3. The van der Waals surface area contributed by atoms with Crippen molar-refractivity contribution in [3.05, 3.63) is 59.4 Å². The molecule has 0 unspecified atom stereocenters. The van der Waals surface area contributed by atoms with E-state index in [2.05, 4.69) is 22.4 Å². The van der Waals surface area contributed by atoms with E-state index >= 15 is 0 Å². The molecule has 0 saturated heterocycles. The largest absolute Gasteiger partial charge is 0.382 e. The number of aromatic nitrogens is 3. The summed E-state index contributed by atoms with van der Waals surface area (Å²) in [6.07, 6.45) is 3.46. The highest BCUT2D eigenvalue weighted by Crippen LogP contribution is 2.30. The van der Waals surface area contributed by atoms with Crippen LogP contribution in [0.4, 0.5) is 10.2 Å². The fourth-order valence-electron chi connectivity index (χ4n) is 2.99.